The van der Waals surface area contributed by atoms with Crippen LogP contribution in [0, 0.1) is 17.3 Å². The Morgan fingerprint density at radius 2 is 1.74 bits per heavy atom. The summed E-state index contributed by atoms with van der Waals surface area (Å²) in [6.45, 7) is 9.18. The van der Waals surface area contributed by atoms with Crippen molar-refractivity contribution in [2.24, 2.45) is 17.3 Å². The number of H-pyrrole nitrogens is 1. The lowest BCUT2D eigenvalue weighted by molar-refractivity contribution is -0.134. The number of aromatic nitrogens is 2. The molecule has 3 aromatic rings. The third-order valence-electron chi connectivity index (χ3n) is 6.22. The van der Waals surface area contributed by atoms with Crippen molar-refractivity contribution in [2.75, 3.05) is 0 Å². The molecule has 5 nitrogen and oxygen atoms in total. The van der Waals surface area contributed by atoms with E-state index >= 15 is 0 Å². The summed E-state index contributed by atoms with van der Waals surface area (Å²) in [5.74, 6) is 0.766. The maximum Gasteiger partial charge on any atom is 0.258 e. The Morgan fingerprint density at radius 1 is 1.06 bits per heavy atom. The lowest BCUT2D eigenvalue weighted by Crippen LogP contribution is -2.34. The molecule has 1 saturated carbocycles. The highest BCUT2D eigenvalue weighted by atomic mass is 16.2. The molecule has 0 aliphatic heterocycles. The van der Waals surface area contributed by atoms with Gasteiger partial charge in [-0.2, -0.15) is 0 Å². The number of para-hydroxylation sites is 1. The number of hydrogen-bond donors (Lipinski definition) is 1. The van der Waals surface area contributed by atoms with Crippen LogP contribution in [0.4, 0.5) is 0 Å². The van der Waals surface area contributed by atoms with Crippen LogP contribution < -0.4 is 5.56 Å². The van der Waals surface area contributed by atoms with E-state index in [2.05, 4.69) is 43.7 Å². The van der Waals surface area contributed by atoms with Gasteiger partial charge in [-0.05, 0) is 42.9 Å². The molecule has 5 heteroatoms. The highest BCUT2D eigenvalue weighted by Gasteiger charge is 2.61. The molecule has 1 aliphatic carbocycles. The number of allylic oxidation sites excluding steroid dienone is 2. The van der Waals surface area contributed by atoms with E-state index in [1.165, 1.54) is 5.57 Å². The maximum absolute atomic E-state index is 13.6. The minimum atomic E-state index is -0.179. The molecule has 0 saturated heterocycles. The molecule has 0 unspecified atom stereocenters. The van der Waals surface area contributed by atoms with Crippen LogP contribution in [-0.2, 0) is 17.9 Å². The number of carbonyl (C=O) groups excluding carboxylic acids is 1. The Hall–Kier alpha value is -3.21. The second-order valence-corrected chi connectivity index (χ2v) is 9.28. The number of amides is 1. The van der Waals surface area contributed by atoms with Crippen LogP contribution in [0.1, 0.15) is 39.1 Å². The van der Waals surface area contributed by atoms with Crippen LogP contribution in [0.2, 0.25) is 0 Å². The molecule has 1 N–H and O–H groups in total. The van der Waals surface area contributed by atoms with E-state index in [9.17, 15) is 9.59 Å². The SMILES string of the molecule is CC(C)=C[C@H]1[C@H](C(=O)N(Cc2ccccc2)Cc2nc3ccccc3c(=O)[nH]2)C1(C)C. The molecule has 1 heterocycles. The number of aromatic amines is 1. The predicted molar refractivity (Wildman–Crippen MR) is 123 cm³/mol. The first kappa shape index (κ1) is 21.0. The molecule has 2 aromatic carbocycles. The molecule has 4 rings (SSSR count). The van der Waals surface area contributed by atoms with Crippen LogP contribution in [0.15, 0.2) is 71.0 Å². The number of fused-ring (bicyclic) bond motifs is 1. The van der Waals surface area contributed by atoms with Crippen molar-refractivity contribution in [3.05, 3.63) is 88.0 Å². The summed E-state index contributed by atoms with van der Waals surface area (Å²) in [6.07, 6.45) is 2.21. The van der Waals surface area contributed by atoms with Crippen LogP contribution in [0.5, 0.6) is 0 Å². The molecule has 0 spiro atoms. The summed E-state index contributed by atoms with van der Waals surface area (Å²) in [4.78, 5) is 35.5. The summed E-state index contributed by atoms with van der Waals surface area (Å²) in [7, 11) is 0. The van der Waals surface area contributed by atoms with Gasteiger partial charge in [0.05, 0.1) is 23.4 Å². The maximum atomic E-state index is 13.6. The lowest BCUT2D eigenvalue weighted by atomic mass is 10.1. The predicted octanol–water partition coefficient (Wildman–Crippen LogP) is 4.69. The van der Waals surface area contributed by atoms with Crippen LogP contribution in [0.3, 0.4) is 0 Å². The molecule has 0 radical (unpaired) electrons. The van der Waals surface area contributed by atoms with E-state index in [4.69, 9.17) is 0 Å². The lowest BCUT2D eigenvalue weighted by Gasteiger charge is -2.23. The molecule has 0 bridgehead atoms. The summed E-state index contributed by atoms with van der Waals surface area (Å²) in [5.41, 5.74) is 2.66. The van der Waals surface area contributed by atoms with Crippen molar-refractivity contribution < 1.29 is 4.79 Å². The molecule has 1 aliphatic rings. The van der Waals surface area contributed by atoms with Gasteiger partial charge >= 0.3 is 0 Å². The van der Waals surface area contributed by atoms with Gasteiger partial charge < -0.3 is 9.88 Å². The van der Waals surface area contributed by atoms with Crippen LogP contribution in [0.25, 0.3) is 10.9 Å². The molecule has 1 amide bonds. The van der Waals surface area contributed by atoms with Crippen LogP contribution >= 0.6 is 0 Å². The van der Waals surface area contributed by atoms with E-state index in [0.717, 1.165) is 5.56 Å². The smallest absolute Gasteiger partial charge is 0.258 e. The van der Waals surface area contributed by atoms with Crippen molar-refractivity contribution in [3.8, 4) is 0 Å². The first-order valence-corrected chi connectivity index (χ1v) is 10.7. The van der Waals surface area contributed by atoms with Crippen molar-refractivity contribution in [3.63, 3.8) is 0 Å². The highest BCUT2D eigenvalue weighted by molar-refractivity contribution is 5.84. The third-order valence-corrected chi connectivity index (χ3v) is 6.22. The minimum absolute atomic E-state index is 0.0710. The van der Waals surface area contributed by atoms with E-state index in [1.807, 2.05) is 53.4 Å². The second-order valence-electron chi connectivity index (χ2n) is 9.28. The molecule has 1 aromatic heterocycles. The summed E-state index contributed by atoms with van der Waals surface area (Å²) < 4.78 is 0. The molecule has 2 atom stereocenters. The topological polar surface area (TPSA) is 66.1 Å². The number of hydrogen-bond acceptors (Lipinski definition) is 3. The zero-order valence-corrected chi connectivity index (χ0v) is 18.6. The fraction of sp³-hybridized carbons (Fsp3) is 0.346. The van der Waals surface area contributed by atoms with E-state index in [-0.39, 0.29) is 35.3 Å². The molecule has 160 valence electrons. The van der Waals surface area contributed by atoms with E-state index < -0.39 is 0 Å². The van der Waals surface area contributed by atoms with Crippen molar-refractivity contribution in [2.45, 2.75) is 40.8 Å². The minimum Gasteiger partial charge on any atom is -0.331 e. The number of carbonyl (C=O) groups is 1. The summed E-state index contributed by atoms with van der Waals surface area (Å²) in [5, 5.41) is 0.555. The van der Waals surface area contributed by atoms with Gasteiger partial charge in [-0.25, -0.2) is 4.98 Å². The van der Waals surface area contributed by atoms with Crippen molar-refractivity contribution >= 4 is 16.8 Å². The Labute approximate surface area is 182 Å². The highest BCUT2D eigenvalue weighted by Crippen LogP contribution is 2.60. The largest absolute Gasteiger partial charge is 0.331 e. The Bertz CT molecular complexity index is 1190. The first-order chi connectivity index (χ1) is 14.8. The standard InChI is InChI=1S/C26H29N3O2/c1-17(2)14-20-23(26(20,3)4)25(31)29(15-18-10-6-5-7-11-18)16-22-27-21-13-9-8-12-19(21)24(30)28-22/h5-14,20,23H,15-16H2,1-4H3,(H,27,28,30)/t20-,23+/m0/s1. The number of nitrogens with zero attached hydrogens (tertiary/aromatic N) is 2. The average molecular weight is 416 g/mol. The number of benzene rings is 2. The molecule has 31 heavy (non-hydrogen) atoms. The first-order valence-electron chi connectivity index (χ1n) is 10.7. The van der Waals surface area contributed by atoms with E-state index in [1.54, 1.807) is 6.07 Å². The van der Waals surface area contributed by atoms with E-state index in [0.29, 0.717) is 23.3 Å². The zero-order chi connectivity index (χ0) is 22.2. The second kappa shape index (κ2) is 8.14. The number of rotatable bonds is 6. The number of nitrogens with one attached hydrogen (secondary N) is 1. The normalized spacial score (nSPS) is 19.1. The van der Waals surface area contributed by atoms with Gasteiger partial charge in [0, 0.05) is 6.54 Å². The van der Waals surface area contributed by atoms with Gasteiger partial charge in [0.1, 0.15) is 5.82 Å². The Morgan fingerprint density at radius 3 is 2.45 bits per heavy atom. The summed E-state index contributed by atoms with van der Waals surface area (Å²) >= 11 is 0. The quantitative estimate of drug-likeness (QED) is 0.594. The van der Waals surface area contributed by atoms with Gasteiger partial charge in [-0.1, -0.05) is 68.0 Å². The van der Waals surface area contributed by atoms with Gasteiger partial charge in [-0.3, -0.25) is 9.59 Å². The van der Waals surface area contributed by atoms with Gasteiger partial charge in [-0.15, -0.1) is 0 Å². The summed E-state index contributed by atoms with van der Waals surface area (Å²) in [6, 6.07) is 17.2. The molecule has 1 fully saturated rings. The monoisotopic (exact) mass is 415 g/mol. The molecular formula is C26H29N3O2. The molecular weight excluding hydrogens is 386 g/mol. The van der Waals surface area contributed by atoms with Gasteiger partial charge in [0.2, 0.25) is 5.91 Å². The Balaban J connectivity index is 1.66. The van der Waals surface area contributed by atoms with Crippen molar-refractivity contribution in [1.82, 2.24) is 14.9 Å². The third kappa shape index (κ3) is 4.31. The van der Waals surface area contributed by atoms with Gasteiger partial charge in [0.25, 0.3) is 5.56 Å². The average Bonchev–Trinajstić information content (AvgIpc) is 3.26. The Kier molecular flexibility index (Phi) is 5.52. The zero-order valence-electron chi connectivity index (χ0n) is 18.6. The van der Waals surface area contributed by atoms with Crippen LogP contribution in [-0.4, -0.2) is 20.8 Å². The van der Waals surface area contributed by atoms with Gasteiger partial charge in [0.15, 0.2) is 0 Å². The van der Waals surface area contributed by atoms with Crippen molar-refractivity contribution in [1.29, 1.82) is 0 Å². The fourth-order valence-electron chi connectivity index (χ4n) is 4.42. The fourth-order valence-corrected chi connectivity index (χ4v) is 4.42.